The van der Waals surface area contributed by atoms with E-state index < -0.39 is 0 Å². The average molecular weight is 317 g/mol. The van der Waals surface area contributed by atoms with Crippen LogP contribution in [-0.4, -0.2) is 11.8 Å². The molecule has 0 bridgehead atoms. The van der Waals surface area contributed by atoms with Crippen LogP contribution in [0.4, 0.5) is 0 Å². The summed E-state index contributed by atoms with van der Waals surface area (Å²) in [6, 6.07) is 13.1. The summed E-state index contributed by atoms with van der Waals surface area (Å²) in [5, 5.41) is 2.55. The van der Waals surface area contributed by atoms with Crippen molar-refractivity contribution in [2.75, 3.05) is 0 Å². The van der Waals surface area contributed by atoms with Crippen molar-refractivity contribution in [1.82, 2.24) is 0 Å². The molecule has 1 heteroatoms. The molecule has 0 spiro atoms. The van der Waals surface area contributed by atoms with Crippen LogP contribution in [0.1, 0.15) is 52.7 Å². The van der Waals surface area contributed by atoms with E-state index in [2.05, 4.69) is 90.2 Å². The summed E-state index contributed by atoms with van der Waals surface area (Å²) in [6.45, 7) is 13.2. The summed E-state index contributed by atoms with van der Waals surface area (Å²) in [6.07, 6.45) is 4.45. The molecule has 0 aliphatic heterocycles. The molecule has 3 rings (SSSR count). The molecule has 0 heterocycles. The highest BCUT2D eigenvalue weighted by Crippen LogP contribution is 2.40. The quantitative estimate of drug-likeness (QED) is 0.566. The Labute approximate surface area is 145 Å². The first-order valence-corrected chi connectivity index (χ1v) is 8.75. The zero-order valence-corrected chi connectivity index (χ0v) is 15.6. The van der Waals surface area contributed by atoms with Gasteiger partial charge in [-0.2, -0.15) is 0 Å². The number of rotatable bonds is 2. The number of allylic oxidation sites excluding steroid dienone is 4. The van der Waals surface area contributed by atoms with E-state index in [0.29, 0.717) is 5.92 Å². The van der Waals surface area contributed by atoms with Crippen LogP contribution in [0.5, 0.6) is 0 Å². The molecule has 0 N–H and O–H groups in total. The summed E-state index contributed by atoms with van der Waals surface area (Å²) in [5.74, 6) is 0.452. The lowest BCUT2D eigenvalue weighted by atomic mass is 9.88. The van der Waals surface area contributed by atoms with Gasteiger partial charge in [-0.3, -0.25) is 4.99 Å². The lowest BCUT2D eigenvalue weighted by Gasteiger charge is -2.17. The zero-order valence-electron chi connectivity index (χ0n) is 15.6. The van der Waals surface area contributed by atoms with Crippen LogP contribution in [0.25, 0.3) is 16.3 Å². The summed E-state index contributed by atoms with van der Waals surface area (Å²) in [7, 11) is 0. The molecular formula is C23H27N. The first kappa shape index (κ1) is 16.7. The minimum absolute atomic E-state index is 0.0763. The number of hydrogen-bond donors (Lipinski definition) is 0. The third kappa shape index (κ3) is 3.08. The van der Waals surface area contributed by atoms with E-state index in [4.69, 9.17) is 4.99 Å². The van der Waals surface area contributed by atoms with Gasteiger partial charge in [0.15, 0.2) is 0 Å². The monoisotopic (exact) mass is 317 g/mol. The van der Waals surface area contributed by atoms with E-state index in [1.165, 1.54) is 38.6 Å². The van der Waals surface area contributed by atoms with Gasteiger partial charge in [-0.1, -0.05) is 55.0 Å². The second-order valence-corrected chi connectivity index (χ2v) is 7.85. The minimum atomic E-state index is -0.0763. The van der Waals surface area contributed by atoms with E-state index in [0.717, 1.165) is 0 Å². The Balaban J connectivity index is 2.28. The largest absolute Gasteiger partial charge is 0.287 e. The Bertz CT molecular complexity index is 873. The maximum absolute atomic E-state index is 4.81. The molecule has 0 fully saturated rings. The van der Waals surface area contributed by atoms with Gasteiger partial charge >= 0.3 is 0 Å². The summed E-state index contributed by atoms with van der Waals surface area (Å²) >= 11 is 0. The number of benzene rings is 2. The van der Waals surface area contributed by atoms with Gasteiger partial charge in [0.2, 0.25) is 0 Å². The van der Waals surface area contributed by atoms with Crippen LogP contribution < -0.4 is 0 Å². The van der Waals surface area contributed by atoms with Gasteiger partial charge in [0.05, 0.1) is 5.54 Å². The highest BCUT2D eigenvalue weighted by molar-refractivity contribution is 6.05. The fraction of sp³-hybridized carbons (Fsp3) is 0.348. The van der Waals surface area contributed by atoms with Crippen molar-refractivity contribution >= 4 is 22.6 Å². The van der Waals surface area contributed by atoms with Crippen molar-refractivity contribution in [1.29, 1.82) is 0 Å². The summed E-state index contributed by atoms with van der Waals surface area (Å²) in [4.78, 5) is 4.81. The fourth-order valence-corrected chi connectivity index (χ4v) is 3.51. The Morgan fingerprint density at radius 1 is 1.00 bits per heavy atom. The number of fused-ring (bicyclic) bond motifs is 1. The second-order valence-electron chi connectivity index (χ2n) is 7.85. The molecule has 24 heavy (non-hydrogen) atoms. The Kier molecular flexibility index (Phi) is 4.21. The molecule has 124 valence electrons. The highest BCUT2D eigenvalue weighted by atomic mass is 14.8. The normalized spacial score (nSPS) is 18.8. The standard InChI is InChI=1S/C23H27N/c1-15-13-16(2)22(17(15)3)20-12-11-18-9-7-8-10-19(18)21(20)14-24-23(4,5)6/h7-14,16H,1-6H3/b24-14+. The molecule has 1 atom stereocenters. The van der Waals surface area contributed by atoms with Gasteiger partial charge in [-0.15, -0.1) is 0 Å². The van der Waals surface area contributed by atoms with Crippen molar-refractivity contribution in [3.63, 3.8) is 0 Å². The molecule has 0 amide bonds. The topological polar surface area (TPSA) is 12.4 Å². The van der Waals surface area contributed by atoms with Crippen LogP contribution in [-0.2, 0) is 0 Å². The van der Waals surface area contributed by atoms with E-state index >= 15 is 0 Å². The molecule has 1 aliphatic carbocycles. The predicted molar refractivity (Wildman–Crippen MR) is 107 cm³/mol. The lowest BCUT2D eigenvalue weighted by molar-refractivity contribution is 0.587. The number of hydrogen-bond acceptors (Lipinski definition) is 1. The smallest absolute Gasteiger partial charge is 0.0524 e. The van der Waals surface area contributed by atoms with Crippen molar-refractivity contribution in [2.24, 2.45) is 10.9 Å². The van der Waals surface area contributed by atoms with E-state index in [1.54, 1.807) is 0 Å². The van der Waals surface area contributed by atoms with E-state index in [-0.39, 0.29) is 5.54 Å². The Hall–Kier alpha value is -2.15. The van der Waals surface area contributed by atoms with Crippen molar-refractivity contribution in [2.45, 2.75) is 47.1 Å². The Morgan fingerprint density at radius 3 is 2.33 bits per heavy atom. The third-order valence-electron chi connectivity index (χ3n) is 4.79. The molecule has 1 aliphatic rings. The van der Waals surface area contributed by atoms with Gasteiger partial charge in [-0.25, -0.2) is 0 Å². The molecule has 1 unspecified atom stereocenters. The van der Waals surface area contributed by atoms with Gasteiger partial charge < -0.3 is 0 Å². The average Bonchev–Trinajstić information content (AvgIpc) is 2.77. The van der Waals surface area contributed by atoms with E-state index in [9.17, 15) is 0 Å². The second kappa shape index (κ2) is 6.05. The molecule has 0 saturated heterocycles. The number of nitrogens with zero attached hydrogens (tertiary/aromatic N) is 1. The minimum Gasteiger partial charge on any atom is -0.287 e. The molecular weight excluding hydrogens is 290 g/mol. The molecule has 0 saturated carbocycles. The highest BCUT2D eigenvalue weighted by Gasteiger charge is 2.22. The zero-order chi connectivity index (χ0) is 17.5. The fourth-order valence-electron chi connectivity index (χ4n) is 3.51. The molecule has 2 aromatic carbocycles. The third-order valence-corrected chi connectivity index (χ3v) is 4.79. The first-order chi connectivity index (χ1) is 11.3. The maximum Gasteiger partial charge on any atom is 0.0524 e. The van der Waals surface area contributed by atoms with Crippen LogP contribution in [0.2, 0.25) is 0 Å². The number of aliphatic imine (C=N–C) groups is 1. The van der Waals surface area contributed by atoms with Crippen LogP contribution in [0.15, 0.2) is 58.6 Å². The predicted octanol–water partition coefficient (Wildman–Crippen LogP) is 6.43. The molecule has 1 nitrogen and oxygen atoms in total. The summed E-state index contributed by atoms with van der Waals surface area (Å²) in [5.41, 5.74) is 6.72. The van der Waals surface area contributed by atoms with E-state index in [1.807, 2.05) is 0 Å². The molecule has 0 radical (unpaired) electrons. The van der Waals surface area contributed by atoms with Crippen LogP contribution in [0.3, 0.4) is 0 Å². The van der Waals surface area contributed by atoms with Gasteiger partial charge in [0.1, 0.15) is 0 Å². The van der Waals surface area contributed by atoms with Crippen molar-refractivity contribution < 1.29 is 0 Å². The van der Waals surface area contributed by atoms with Crippen LogP contribution in [0, 0.1) is 5.92 Å². The van der Waals surface area contributed by atoms with Gasteiger partial charge in [-0.05, 0) is 62.1 Å². The van der Waals surface area contributed by atoms with Gasteiger partial charge in [0, 0.05) is 17.7 Å². The SMILES string of the molecule is CC1=CC(C)C(c2ccc3ccccc3c2/C=N/C(C)(C)C)=C1C. The summed E-state index contributed by atoms with van der Waals surface area (Å²) < 4.78 is 0. The first-order valence-electron chi connectivity index (χ1n) is 8.75. The van der Waals surface area contributed by atoms with Gasteiger partial charge in [0.25, 0.3) is 0 Å². The van der Waals surface area contributed by atoms with Crippen molar-refractivity contribution in [3.05, 3.63) is 64.7 Å². The molecule has 0 aromatic heterocycles. The Morgan fingerprint density at radius 2 is 1.71 bits per heavy atom. The van der Waals surface area contributed by atoms with Crippen LogP contribution >= 0.6 is 0 Å². The lowest BCUT2D eigenvalue weighted by Crippen LogP contribution is -2.10. The maximum atomic E-state index is 4.81. The van der Waals surface area contributed by atoms with Crippen molar-refractivity contribution in [3.8, 4) is 0 Å². The molecule has 2 aromatic rings.